The van der Waals surface area contributed by atoms with Gasteiger partial charge in [-0.05, 0) is 49.4 Å². The molecule has 2 aromatic carbocycles. The molecule has 0 spiro atoms. The Hall–Kier alpha value is -3.52. The number of nitriles is 1. The van der Waals surface area contributed by atoms with Gasteiger partial charge in [0.25, 0.3) is 5.91 Å². The molecule has 3 rings (SSSR count). The van der Waals surface area contributed by atoms with E-state index in [0.29, 0.717) is 11.6 Å². The number of carbonyl (C=O) groups is 1. The highest BCUT2D eigenvalue weighted by Crippen LogP contribution is 2.34. The first-order chi connectivity index (χ1) is 14.7. The molecule has 1 unspecified atom stereocenters. The number of rotatable bonds is 4. The smallest absolute Gasteiger partial charge is 0.378 e. The second kappa shape index (κ2) is 7.87. The Morgan fingerprint density at radius 2 is 1.75 bits per heavy atom. The predicted octanol–water partition coefficient (Wildman–Crippen LogP) is 4.94. The van der Waals surface area contributed by atoms with E-state index in [-0.39, 0.29) is 17.6 Å². The molecule has 0 saturated heterocycles. The molecule has 0 bridgehead atoms. The summed E-state index contributed by atoms with van der Waals surface area (Å²) in [5.41, 5.74) is -4.80. The first kappa shape index (κ1) is 23.1. The Labute approximate surface area is 177 Å². The minimum absolute atomic E-state index is 0.234. The first-order valence-electron chi connectivity index (χ1n) is 9.03. The SMILES string of the molecule is CC(O)(Cn1ccc2cc(C(F)(F)F)ccc21)C(=O)Nc1ccc(C#N)c(C(F)(F)F)c1. The molecule has 1 heterocycles. The van der Waals surface area contributed by atoms with E-state index in [1.54, 1.807) is 0 Å². The number of nitrogens with one attached hydrogen (secondary N) is 1. The molecule has 2 N–H and O–H groups in total. The third kappa shape index (κ3) is 4.70. The van der Waals surface area contributed by atoms with Crippen molar-refractivity contribution < 1.29 is 36.2 Å². The number of hydrogen-bond donors (Lipinski definition) is 2. The Morgan fingerprint density at radius 1 is 1.06 bits per heavy atom. The van der Waals surface area contributed by atoms with Gasteiger partial charge < -0.3 is 15.0 Å². The van der Waals surface area contributed by atoms with Gasteiger partial charge in [-0.1, -0.05) is 0 Å². The minimum atomic E-state index is -4.83. The Kier molecular flexibility index (Phi) is 5.69. The summed E-state index contributed by atoms with van der Waals surface area (Å²) in [7, 11) is 0. The van der Waals surface area contributed by atoms with Crippen LogP contribution in [0.4, 0.5) is 32.0 Å². The second-order valence-corrected chi connectivity index (χ2v) is 7.31. The lowest BCUT2D eigenvalue weighted by Crippen LogP contribution is -2.43. The zero-order chi connectivity index (χ0) is 23.9. The highest BCUT2D eigenvalue weighted by atomic mass is 19.4. The monoisotopic (exact) mass is 455 g/mol. The quantitative estimate of drug-likeness (QED) is 0.547. The van der Waals surface area contributed by atoms with Gasteiger partial charge in [-0.15, -0.1) is 0 Å². The molecule has 11 heteroatoms. The number of benzene rings is 2. The van der Waals surface area contributed by atoms with Gasteiger partial charge in [0.15, 0.2) is 5.60 Å². The zero-order valence-electron chi connectivity index (χ0n) is 16.3. The number of halogens is 6. The number of amides is 1. The molecule has 3 aromatic rings. The van der Waals surface area contributed by atoms with Crippen molar-refractivity contribution in [1.82, 2.24) is 4.57 Å². The van der Waals surface area contributed by atoms with Crippen LogP contribution in [0.3, 0.4) is 0 Å². The maximum atomic E-state index is 13.1. The molecular weight excluding hydrogens is 440 g/mol. The van der Waals surface area contributed by atoms with Crippen molar-refractivity contribution in [3.05, 3.63) is 65.4 Å². The molecule has 1 aromatic heterocycles. The first-order valence-corrected chi connectivity index (χ1v) is 9.03. The zero-order valence-corrected chi connectivity index (χ0v) is 16.3. The number of nitrogens with zero attached hydrogens (tertiary/aromatic N) is 2. The third-order valence-corrected chi connectivity index (χ3v) is 4.77. The van der Waals surface area contributed by atoms with Crippen molar-refractivity contribution in [3.8, 4) is 6.07 Å². The Balaban J connectivity index is 1.83. The lowest BCUT2D eigenvalue weighted by Gasteiger charge is -2.24. The summed E-state index contributed by atoms with van der Waals surface area (Å²) in [4.78, 5) is 12.5. The van der Waals surface area contributed by atoms with E-state index < -0.39 is 40.6 Å². The number of aromatic nitrogens is 1. The number of alkyl halides is 6. The van der Waals surface area contributed by atoms with Gasteiger partial charge in [0.1, 0.15) is 0 Å². The van der Waals surface area contributed by atoms with E-state index >= 15 is 0 Å². The lowest BCUT2D eigenvalue weighted by atomic mass is 10.0. The molecule has 0 saturated carbocycles. The normalized spacial score (nSPS) is 14.1. The summed E-state index contributed by atoms with van der Waals surface area (Å²) in [6.45, 7) is 0.739. The van der Waals surface area contributed by atoms with Crippen LogP contribution >= 0.6 is 0 Å². The van der Waals surface area contributed by atoms with Crippen LogP contribution < -0.4 is 5.32 Å². The average molecular weight is 455 g/mol. The molecular formula is C21H15F6N3O2. The maximum Gasteiger partial charge on any atom is 0.417 e. The summed E-state index contributed by atoms with van der Waals surface area (Å²) >= 11 is 0. The second-order valence-electron chi connectivity index (χ2n) is 7.31. The molecule has 0 aliphatic carbocycles. The fourth-order valence-corrected chi connectivity index (χ4v) is 3.14. The number of anilines is 1. The third-order valence-electron chi connectivity index (χ3n) is 4.77. The molecule has 0 radical (unpaired) electrons. The summed E-state index contributed by atoms with van der Waals surface area (Å²) in [6, 6.07) is 8.35. The molecule has 1 atom stereocenters. The van der Waals surface area contributed by atoms with Gasteiger partial charge in [0, 0.05) is 22.8 Å². The van der Waals surface area contributed by atoms with Gasteiger partial charge in [-0.2, -0.15) is 31.6 Å². The summed E-state index contributed by atoms with van der Waals surface area (Å²) < 4.78 is 79.3. The molecule has 0 aliphatic heterocycles. The predicted molar refractivity (Wildman–Crippen MR) is 102 cm³/mol. The lowest BCUT2D eigenvalue weighted by molar-refractivity contribution is -0.138. The highest BCUT2D eigenvalue weighted by molar-refractivity contribution is 5.97. The number of hydrogen-bond acceptors (Lipinski definition) is 3. The van der Waals surface area contributed by atoms with Crippen molar-refractivity contribution >= 4 is 22.5 Å². The van der Waals surface area contributed by atoms with E-state index in [9.17, 15) is 36.2 Å². The Bertz CT molecular complexity index is 1220. The molecule has 32 heavy (non-hydrogen) atoms. The molecule has 0 aliphatic rings. The van der Waals surface area contributed by atoms with Gasteiger partial charge >= 0.3 is 12.4 Å². The van der Waals surface area contributed by atoms with Crippen LogP contribution in [-0.4, -0.2) is 21.2 Å². The molecule has 0 fully saturated rings. The van der Waals surface area contributed by atoms with Crippen molar-refractivity contribution in [3.63, 3.8) is 0 Å². The summed E-state index contributed by atoms with van der Waals surface area (Å²) in [5, 5.41) is 21.8. The maximum absolute atomic E-state index is 13.1. The fourth-order valence-electron chi connectivity index (χ4n) is 3.14. The fraction of sp³-hybridized carbons (Fsp3) is 0.238. The van der Waals surface area contributed by atoms with Crippen molar-refractivity contribution in [2.75, 3.05) is 5.32 Å². The van der Waals surface area contributed by atoms with Crippen LogP contribution in [0.25, 0.3) is 10.9 Å². The van der Waals surface area contributed by atoms with Crippen LogP contribution in [0, 0.1) is 11.3 Å². The molecule has 1 amide bonds. The largest absolute Gasteiger partial charge is 0.417 e. The number of aliphatic hydroxyl groups is 1. The van der Waals surface area contributed by atoms with Crippen molar-refractivity contribution in [1.29, 1.82) is 5.26 Å². The molecule has 168 valence electrons. The summed E-state index contributed by atoms with van der Waals surface area (Å²) in [5.74, 6) is -1.04. The standard InChI is InChI=1S/C21H15F6N3O2/c1-19(32,11-30-7-6-12-8-14(20(22,23)24)3-5-17(12)30)18(31)29-15-4-2-13(10-28)16(9-15)21(25,26)27/h2-9,32H,11H2,1H3,(H,29,31). The van der Waals surface area contributed by atoms with Crippen LogP contribution in [0.15, 0.2) is 48.7 Å². The van der Waals surface area contributed by atoms with Crippen LogP contribution in [0.2, 0.25) is 0 Å². The van der Waals surface area contributed by atoms with Crippen LogP contribution in [0.5, 0.6) is 0 Å². The topological polar surface area (TPSA) is 78.1 Å². The highest BCUT2D eigenvalue weighted by Gasteiger charge is 2.36. The van der Waals surface area contributed by atoms with E-state index in [1.807, 2.05) is 0 Å². The van der Waals surface area contributed by atoms with E-state index in [0.717, 1.165) is 31.2 Å². The van der Waals surface area contributed by atoms with Gasteiger partial charge in [-0.3, -0.25) is 4.79 Å². The van der Waals surface area contributed by atoms with Gasteiger partial charge in [0.05, 0.1) is 29.3 Å². The number of carbonyl (C=O) groups excluding carboxylic acids is 1. The Morgan fingerprint density at radius 3 is 2.34 bits per heavy atom. The minimum Gasteiger partial charge on any atom is -0.378 e. The van der Waals surface area contributed by atoms with E-state index in [1.165, 1.54) is 29.0 Å². The average Bonchev–Trinajstić information content (AvgIpc) is 3.08. The molecule has 5 nitrogen and oxygen atoms in total. The summed E-state index contributed by atoms with van der Waals surface area (Å²) in [6.07, 6.45) is -7.97. The van der Waals surface area contributed by atoms with Gasteiger partial charge in [-0.25, -0.2) is 0 Å². The van der Waals surface area contributed by atoms with E-state index in [2.05, 4.69) is 5.32 Å². The number of fused-ring (bicyclic) bond motifs is 1. The van der Waals surface area contributed by atoms with Crippen molar-refractivity contribution in [2.45, 2.75) is 31.4 Å². The van der Waals surface area contributed by atoms with Gasteiger partial charge in [0.2, 0.25) is 0 Å². The van der Waals surface area contributed by atoms with Crippen LogP contribution in [-0.2, 0) is 23.7 Å². The van der Waals surface area contributed by atoms with E-state index in [4.69, 9.17) is 5.26 Å². The van der Waals surface area contributed by atoms with Crippen LogP contribution in [0.1, 0.15) is 23.6 Å². The van der Waals surface area contributed by atoms with Crippen molar-refractivity contribution in [2.24, 2.45) is 0 Å².